The fourth-order valence-electron chi connectivity index (χ4n) is 2.73. The van der Waals surface area contributed by atoms with Gasteiger partial charge in [0.2, 0.25) is 10.0 Å². The first kappa shape index (κ1) is 19.1. The summed E-state index contributed by atoms with van der Waals surface area (Å²) >= 11 is 0. The van der Waals surface area contributed by atoms with Gasteiger partial charge in [0.25, 0.3) is 5.92 Å². The molecule has 2 rings (SSSR count). The van der Waals surface area contributed by atoms with E-state index in [2.05, 4.69) is 0 Å². The summed E-state index contributed by atoms with van der Waals surface area (Å²) < 4.78 is 73.5. The summed E-state index contributed by atoms with van der Waals surface area (Å²) in [4.78, 5) is 0. The average molecular weight is 365 g/mol. The van der Waals surface area contributed by atoms with Crippen LogP contribution in [-0.4, -0.2) is 37.6 Å². The Labute approximate surface area is 140 Å². The normalized spacial score (nSPS) is 17.1. The summed E-state index contributed by atoms with van der Waals surface area (Å²) in [6.45, 7) is 3.68. The third-order valence-electron chi connectivity index (χ3n) is 4.35. The van der Waals surface area contributed by atoms with Crippen LogP contribution in [0.2, 0.25) is 0 Å². The molecular formula is C16H22F3NO3S. The summed E-state index contributed by atoms with van der Waals surface area (Å²) in [5, 5.41) is 0. The molecule has 0 fully saturated rings. The number of benzene rings is 1. The molecule has 0 unspecified atom stereocenters. The van der Waals surface area contributed by atoms with Gasteiger partial charge in [-0.15, -0.1) is 0 Å². The van der Waals surface area contributed by atoms with Crippen LogP contribution >= 0.6 is 0 Å². The van der Waals surface area contributed by atoms with Crippen LogP contribution in [0.4, 0.5) is 13.2 Å². The highest BCUT2D eigenvalue weighted by Gasteiger charge is 2.48. The van der Waals surface area contributed by atoms with Gasteiger partial charge in [-0.3, -0.25) is 0 Å². The summed E-state index contributed by atoms with van der Waals surface area (Å²) in [6, 6.07) is 4.26. The van der Waals surface area contributed by atoms with E-state index in [0.29, 0.717) is 5.56 Å². The Bertz CT molecular complexity index is 705. The molecule has 0 spiro atoms. The Hall–Kier alpha value is -1.28. The Morgan fingerprint density at radius 3 is 2.58 bits per heavy atom. The van der Waals surface area contributed by atoms with Gasteiger partial charge < -0.3 is 4.74 Å². The number of nitrogens with zero attached hydrogens (tertiary/aromatic N) is 1. The quantitative estimate of drug-likeness (QED) is 0.803. The summed E-state index contributed by atoms with van der Waals surface area (Å²) in [5.74, 6) is -4.34. The SMILES string of the molecule is CCC(F)(F)C(C)(C)CS(=O)(=O)N1CCOc2c(F)cccc2C1. The van der Waals surface area contributed by atoms with Crippen LogP contribution < -0.4 is 4.74 Å². The third-order valence-corrected chi connectivity index (χ3v) is 6.54. The standard InChI is InChI=1S/C16H22F3NO3S/c1-4-16(18,19)15(2,3)11-24(21,22)20-8-9-23-14-12(10-20)6-5-7-13(14)17/h5-7H,4,8-11H2,1-3H3. The second-order valence-corrected chi connectivity index (χ2v) is 8.58. The first-order chi connectivity index (χ1) is 11.0. The second-order valence-electron chi connectivity index (χ2n) is 6.61. The average Bonchev–Trinajstić information content (AvgIpc) is 2.70. The van der Waals surface area contributed by atoms with Gasteiger partial charge in [-0.2, -0.15) is 4.31 Å². The molecule has 0 radical (unpaired) electrons. The molecule has 0 aromatic heterocycles. The lowest BCUT2D eigenvalue weighted by Crippen LogP contribution is -2.46. The Morgan fingerprint density at radius 1 is 1.29 bits per heavy atom. The molecule has 0 saturated heterocycles. The van der Waals surface area contributed by atoms with E-state index in [0.717, 1.165) is 4.31 Å². The maximum Gasteiger partial charge on any atom is 0.253 e. The molecule has 1 aliphatic heterocycles. The molecule has 0 N–H and O–H groups in total. The maximum absolute atomic E-state index is 14.0. The lowest BCUT2D eigenvalue weighted by molar-refractivity contribution is -0.0972. The number of alkyl halides is 2. The van der Waals surface area contributed by atoms with Crippen molar-refractivity contribution in [2.75, 3.05) is 18.9 Å². The van der Waals surface area contributed by atoms with Crippen molar-refractivity contribution >= 4 is 10.0 Å². The van der Waals surface area contributed by atoms with Gasteiger partial charge in [0.1, 0.15) is 6.61 Å². The van der Waals surface area contributed by atoms with Gasteiger partial charge in [0.15, 0.2) is 11.6 Å². The smallest absolute Gasteiger partial charge is 0.253 e. The number of hydrogen-bond acceptors (Lipinski definition) is 3. The van der Waals surface area contributed by atoms with Crippen LogP contribution in [0.15, 0.2) is 18.2 Å². The van der Waals surface area contributed by atoms with Crippen molar-refractivity contribution in [3.05, 3.63) is 29.6 Å². The van der Waals surface area contributed by atoms with Crippen LogP contribution in [0.25, 0.3) is 0 Å². The van der Waals surface area contributed by atoms with E-state index in [1.165, 1.54) is 32.9 Å². The van der Waals surface area contributed by atoms with Gasteiger partial charge in [-0.05, 0) is 6.07 Å². The van der Waals surface area contributed by atoms with Crippen LogP contribution in [0, 0.1) is 11.2 Å². The highest BCUT2D eigenvalue weighted by Crippen LogP contribution is 2.40. The van der Waals surface area contributed by atoms with E-state index < -0.39 is 39.4 Å². The Kier molecular flexibility index (Phi) is 5.20. The maximum atomic E-state index is 14.0. The van der Waals surface area contributed by atoms with Gasteiger partial charge >= 0.3 is 0 Å². The minimum atomic E-state index is -3.96. The van der Waals surface area contributed by atoms with E-state index in [4.69, 9.17) is 4.74 Å². The lowest BCUT2D eigenvalue weighted by Gasteiger charge is -2.34. The lowest BCUT2D eigenvalue weighted by atomic mass is 9.86. The molecule has 0 saturated carbocycles. The second kappa shape index (κ2) is 6.55. The molecule has 0 amide bonds. The van der Waals surface area contributed by atoms with E-state index in [9.17, 15) is 21.6 Å². The van der Waals surface area contributed by atoms with Crippen molar-refractivity contribution in [1.29, 1.82) is 0 Å². The Balaban J connectivity index is 2.27. The molecule has 1 heterocycles. The molecule has 24 heavy (non-hydrogen) atoms. The summed E-state index contributed by atoms with van der Waals surface area (Å²) in [6.07, 6.45) is -0.438. The zero-order valence-electron chi connectivity index (χ0n) is 14.0. The molecule has 0 atom stereocenters. The Morgan fingerprint density at radius 2 is 1.96 bits per heavy atom. The van der Waals surface area contributed by atoms with E-state index in [1.807, 2.05) is 0 Å². The molecule has 136 valence electrons. The highest BCUT2D eigenvalue weighted by molar-refractivity contribution is 7.89. The molecule has 0 aliphatic carbocycles. The van der Waals surface area contributed by atoms with Crippen LogP contribution in [0.5, 0.6) is 5.75 Å². The molecular weight excluding hydrogens is 343 g/mol. The van der Waals surface area contributed by atoms with Gasteiger partial charge in [0.05, 0.1) is 5.75 Å². The number of fused-ring (bicyclic) bond motifs is 1. The fourth-order valence-corrected chi connectivity index (χ4v) is 4.72. The van der Waals surface area contributed by atoms with Crippen molar-refractivity contribution in [3.63, 3.8) is 0 Å². The molecule has 1 aliphatic rings. The van der Waals surface area contributed by atoms with Crippen molar-refractivity contribution in [2.45, 2.75) is 39.7 Å². The van der Waals surface area contributed by atoms with Crippen LogP contribution in [-0.2, 0) is 16.6 Å². The zero-order chi connectivity index (χ0) is 18.2. The molecule has 0 bridgehead atoms. The van der Waals surface area contributed by atoms with Crippen LogP contribution in [0.1, 0.15) is 32.8 Å². The topological polar surface area (TPSA) is 46.6 Å². The van der Waals surface area contributed by atoms with Gasteiger partial charge in [0, 0.05) is 30.5 Å². The van der Waals surface area contributed by atoms with E-state index in [1.54, 1.807) is 6.07 Å². The zero-order valence-corrected chi connectivity index (χ0v) is 14.8. The van der Waals surface area contributed by atoms with E-state index in [-0.39, 0.29) is 25.4 Å². The molecule has 1 aromatic carbocycles. The number of rotatable bonds is 5. The fraction of sp³-hybridized carbons (Fsp3) is 0.625. The summed E-state index contributed by atoms with van der Waals surface area (Å²) in [5.41, 5.74) is -1.32. The molecule has 1 aromatic rings. The first-order valence-corrected chi connectivity index (χ1v) is 9.37. The number of sulfonamides is 1. The number of para-hydroxylation sites is 1. The van der Waals surface area contributed by atoms with Gasteiger partial charge in [-0.1, -0.05) is 32.9 Å². The largest absolute Gasteiger partial charge is 0.489 e. The minimum absolute atomic E-state index is 0.00969. The highest BCUT2D eigenvalue weighted by atomic mass is 32.2. The number of halogens is 3. The van der Waals surface area contributed by atoms with E-state index >= 15 is 0 Å². The monoisotopic (exact) mass is 365 g/mol. The predicted octanol–water partition coefficient (Wildman–Crippen LogP) is 3.42. The van der Waals surface area contributed by atoms with Gasteiger partial charge in [-0.25, -0.2) is 21.6 Å². The van der Waals surface area contributed by atoms with Crippen molar-refractivity contribution in [2.24, 2.45) is 5.41 Å². The molecule has 8 heteroatoms. The number of hydrogen-bond donors (Lipinski definition) is 0. The van der Waals surface area contributed by atoms with Crippen molar-refractivity contribution < 1.29 is 26.3 Å². The number of ether oxygens (including phenoxy) is 1. The third kappa shape index (κ3) is 3.69. The summed E-state index contributed by atoms with van der Waals surface area (Å²) in [7, 11) is -3.96. The minimum Gasteiger partial charge on any atom is -0.489 e. The van der Waals surface area contributed by atoms with Crippen LogP contribution in [0.3, 0.4) is 0 Å². The molecule has 4 nitrogen and oxygen atoms in total. The first-order valence-electron chi connectivity index (χ1n) is 7.76. The van der Waals surface area contributed by atoms with Crippen molar-refractivity contribution in [1.82, 2.24) is 4.31 Å². The predicted molar refractivity (Wildman–Crippen MR) is 85.1 cm³/mol. The van der Waals surface area contributed by atoms with Crippen molar-refractivity contribution in [3.8, 4) is 5.75 Å².